The summed E-state index contributed by atoms with van der Waals surface area (Å²) in [5.41, 5.74) is 1.54. The summed E-state index contributed by atoms with van der Waals surface area (Å²) in [4.78, 5) is 35.3. The Kier molecular flexibility index (Phi) is 6.91. The standard InChI is InChI=1S/C22H29N5O4/c1-15-25-20(31-26-15)6-7-21(28)27-10-8-16(9-11-27)19-5-4-17(13-23-19)22(29)24-14-18-3-2-12-30-18/h4-5,13,16,18H,2-3,6-12,14H2,1H3,(H,24,29). The molecule has 2 aromatic rings. The molecule has 4 heterocycles. The Balaban J connectivity index is 1.21. The maximum Gasteiger partial charge on any atom is 0.252 e. The summed E-state index contributed by atoms with van der Waals surface area (Å²) in [5.74, 6) is 1.38. The Morgan fingerprint density at radius 2 is 2.06 bits per heavy atom. The average molecular weight is 428 g/mol. The van der Waals surface area contributed by atoms with E-state index in [-0.39, 0.29) is 17.9 Å². The molecule has 2 aromatic heterocycles. The number of hydrogen-bond acceptors (Lipinski definition) is 7. The van der Waals surface area contributed by atoms with Crippen LogP contribution in [-0.2, 0) is 16.0 Å². The van der Waals surface area contributed by atoms with Gasteiger partial charge in [0.05, 0.1) is 11.7 Å². The molecule has 166 valence electrons. The van der Waals surface area contributed by atoms with E-state index in [1.165, 1.54) is 0 Å². The van der Waals surface area contributed by atoms with Gasteiger partial charge in [-0.2, -0.15) is 4.98 Å². The number of aryl methyl sites for hydroxylation is 2. The van der Waals surface area contributed by atoms with Crippen LogP contribution in [0.5, 0.6) is 0 Å². The molecule has 1 atom stereocenters. The first-order chi connectivity index (χ1) is 15.1. The quantitative estimate of drug-likeness (QED) is 0.720. The maximum atomic E-state index is 12.5. The van der Waals surface area contributed by atoms with Crippen LogP contribution < -0.4 is 5.32 Å². The fourth-order valence-corrected chi connectivity index (χ4v) is 4.13. The van der Waals surface area contributed by atoms with Gasteiger partial charge in [-0.15, -0.1) is 0 Å². The number of likely N-dealkylation sites (tertiary alicyclic amines) is 1. The van der Waals surface area contributed by atoms with Crippen molar-refractivity contribution in [3.63, 3.8) is 0 Å². The molecule has 31 heavy (non-hydrogen) atoms. The van der Waals surface area contributed by atoms with Crippen LogP contribution >= 0.6 is 0 Å². The zero-order chi connectivity index (χ0) is 21.6. The zero-order valence-electron chi connectivity index (χ0n) is 17.9. The van der Waals surface area contributed by atoms with E-state index in [4.69, 9.17) is 9.26 Å². The molecule has 2 aliphatic rings. The fraction of sp³-hybridized carbons (Fsp3) is 0.591. The van der Waals surface area contributed by atoms with Crippen LogP contribution in [0.4, 0.5) is 0 Å². The number of hydrogen-bond donors (Lipinski definition) is 1. The van der Waals surface area contributed by atoms with Gasteiger partial charge in [-0.3, -0.25) is 14.6 Å². The minimum Gasteiger partial charge on any atom is -0.376 e. The third-order valence-electron chi connectivity index (χ3n) is 5.95. The van der Waals surface area contributed by atoms with Crippen molar-refractivity contribution < 1.29 is 18.8 Å². The molecule has 0 saturated carbocycles. The monoisotopic (exact) mass is 427 g/mol. The first-order valence-electron chi connectivity index (χ1n) is 11.0. The Morgan fingerprint density at radius 1 is 1.23 bits per heavy atom. The van der Waals surface area contributed by atoms with Gasteiger partial charge in [0, 0.05) is 56.9 Å². The molecule has 2 saturated heterocycles. The van der Waals surface area contributed by atoms with E-state index in [1.807, 2.05) is 17.0 Å². The third-order valence-corrected chi connectivity index (χ3v) is 5.95. The van der Waals surface area contributed by atoms with Crippen molar-refractivity contribution in [3.05, 3.63) is 41.3 Å². The fourth-order valence-electron chi connectivity index (χ4n) is 4.13. The lowest BCUT2D eigenvalue weighted by Gasteiger charge is -2.31. The molecule has 9 heteroatoms. The Bertz CT molecular complexity index is 884. The van der Waals surface area contributed by atoms with Crippen molar-refractivity contribution >= 4 is 11.8 Å². The van der Waals surface area contributed by atoms with E-state index in [2.05, 4.69) is 20.4 Å². The van der Waals surface area contributed by atoms with Crippen LogP contribution in [0.15, 0.2) is 22.9 Å². The molecule has 0 spiro atoms. The highest BCUT2D eigenvalue weighted by molar-refractivity contribution is 5.93. The molecule has 1 unspecified atom stereocenters. The van der Waals surface area contributed by atoms with E-state index in [1.54, 1.807) is 13.1 Å². The highest BCUT2D eigenvalue weighted by Crippen LogP contribution is 2.27. The predicted octanol–water partition coefficient (Wildman–Crippen LogP) is 2.02. The number of nitrogens with one attached hydrogen (secondary N) is 1. The average Bonchev–Trinajstić information content (AvgIpc) is 3.48. The van der Waals surface area contributed by atoms with Gasteiger partial charge < -0.3 is 19.5 Å². The van der Waals surface area contributed by atoms with E-state index in [9.17, 15) is 9.59 Å². The number of nitrogens with zero attached hydrogens (tertiary/aromatic N) is 4. The lowest BCUT2D eigenvalue weighted by Crippen LogP contribution is -2.38. The van der Waals surface area contributed by atoms with Crippen molar-refractivity contribution in [2.45, 2.75) is 57.5 Å². The summed E-state index contributed by atoms with van der Waals surface area (Å²) in [6.07, 6.45) is 6.39. The van der Waals surface area contributed by atoms with Crippen LogP contribution in [-0.4, -0.2) is 64.2 Å². The van der Waals surface area contributed by atoms with Crippen LogP contribution in [0.3, 0.4) is 0 Å². The number of rotatable bonds is 7. The number of amides is 2. The van der Waals surface area contributed by atoms with Crippen LogP contribution in [0.25, 0.3) is 0 Å². The zero-order valence-corrected chi connectivity index (χ0v) is 17.9. The predicted molar refractivity (Wildman–Crippen MR) is 111 cm³/mol. The topological polar surface area (TPSA) is 110 Å². The molecule has 2 amide bonds. The minimum atomic E-state index is -0.119. The lowest BCUT2D eigenvalue weighted by molar-refractivity contribution is -0.132. The van der Waals surface area contributed by atoms with E-state index in [0.717, 1.165) is 38.0 Å². The van der Waals surface area contributed by atoms with Crippen LogP contribution in [0, 0.1) is 6.92 Å². The van der Waals surface area contributed by atoms with E-state index in [0.29, 0.717) is 55.7 Å². The smallest absolute Gasteiger partial charge is 0.252 e. The molecule has 0 bridgehead atoms. The molecule has 0 radical (unpaired) electrons. The molecular weight excluding hydrogens is 398 g/mol. The van der Waals surface area contributed by atoms with Gasteiger partial charge in [0.25, 0.3) is 5.91 Å². The highest BCUT2D eigenvalue weighted by atomic mass is 16.5. The first kappa shape index (κ1) is 21.4. The molecule has 2 fully saturated rings. The van der Waals surface area contributed by atoms with Gasteiger partial charge in [0.1, 0.15) is 0 Å². The maximum absolute atomic E-state index is 12.5. The summed E-state index contributed by atoms with van der Waals surface area (Å²) in [6.45, 7) is 4.49. The van der Waals surface area contributed by atoms with Gasteiger partial charge >= 0.3 is 0 Å². The SMILES string of the molecule is Cc1noc(CCC(=O)N2CCC(c3ccc(C(=O)NCC4CCCO4)cn3)CC2)n1. The second-order valence-electron chi connectivity index (χ2n) is 8.21. The molecule has 4 rings (SSSR count). The van der Waals surface area contributed by atoms with Crippen LogP contribution in [0.1, 0.15) is 65.8 Å². The molecule has 2 aliphatic heterocycles. The van der Waals surface area contributed by atoms with Crippen molar-refractivity contribution in [1.82, 2.24) is 25.3 Å². The van der Waals surface area contributed by atoms with Gasteiger partial charge in [0.2, 0.25) is 11.8 Å². The Hall–Kier alpha value is -2.81. The van der Waals surface area contributed by atoms with E-state index < -0.39 is 0 Å². The summed E-state index contributed by atoms with van der Waals surface area (Å²) >= 11 is 0. The third kappa shape index (κ3) is 5.66. The molecule has 1 N–H and O–H groups in total. The van der Waals surface area contributed by atoms with Crippen molar-refractivity contribution in [2.24, 2.45) is 0 Å². The minimum absolute atomic E-state index is 0.112. The van der Waals surface area contributed by atoms with Crippen molar-refractivity contribution in [2.75, 3.05) is 26.2 Å². The number of piperidine rings is 1. The molecule has 0 aromatic carbocycles. The van der Waals surface area contributed by atoms with Gasteiger partial charge in [-0.1, -0.05) is 5.16 Å². The Labute approximate surface area is 181 Å². The summed E-state index contributed by atoms with van der Waals surface area (Å²) in [6, 6.07) is 3.76. The van der Waals surface area contributed by atoms with Crippen molar-refractivity contribution in [1.29, 1.82) is 0 Å². The summed E-state index contributed by atoms with van der Waals surface area (Å²) in [7, 11) is 0. The highest BCUT2D eigenvalue weighted by Gasteiger charge is 2.25. The van der Waals surface area contributed by atoms with E-state index >= 15 is 0 Å². The molecule has 9 nitrogen and oxygen atoms in total. The first-order valence-corrected chi connectivity index (χ1v) is 11.0. The number of carbonyl (C=O) groups excluding carboxylic acids is 2. The number of aromatic nitrogens is 3. The second kappa shape index (κ2) is 10.00. The Morgan fingerprint density at radius 3 is 2.71 bits per heavy atom. The largest absolute Gasteiger partial charge is 0.376 e. The normalized spacial score (nSPS) is 19.5. The lowest BCUT2D eigenvalue weighted by atomic mass is 9.92. The molecule has 0 aliphatic carbocycles. The van der Waals surface area contributed by atoms with Gasteiger partial charge in [-0.05, 0) is 44.7 Å². The van der Waals surface area contributed by atoms with Crippen molar-refractivity contribution in [3.8, 4) is 0 Å². The summed E-state index contributed by atoms with van der Waals surface area (Å²) in [5, 5.41) is 6.67. The van der Waals surface area contributed by atoms with Crippen LogP contribution in [0.2, 0.25) is 0 Å². The number of ether oxygens (including phenoxy) is 1. The second-order valence-corrected chi connectivity index (χ2v) is 8.21. The number of carbonyl (C=O) groups is 2. The number of pyridine rings is 1. The summed E-state index contributed by atoms with van der Waals surface area (Å²) < 4.78 is 10.6. The van der Waals surface area contributed by atoms with Gasteiger partial charge in [-0.25, -0.2) is 0 Å². The van der Waals surface area contributed by atoms with Gasteiger partial charge in [0.15, 0.2) is 5.82 Å². The molecular formula is C22H29N5O4.